The number of hydrogen-bond acceptors (Lipinski definition) is 4. The van der Waals surface area contributed by atoms with Gasteiger partial charge in [0.05, 0.1) is 16.8 Å². The van der Waals surface area contributed by atoms with Crippen LogP contribution in [0.3, 0.4) is 0 Å². The van der Waals surface area contributed by atoms with Crippen molar-refractivity contribution in [2.24, 2.45) is 5.10 Å². The summed E-state index contributed by atoms with van der Waals surface area (Å²) in [5, 5.41) is 6.20. The summed E-state index contributed by atoms with van der Waals surface area (Å²) in [6.07, 6.45) is 1.38. The van der Waals surface area contributed by atoms with Crippen LogP contribution in [0, 0.1) is 5.82 Å². The molecular formula is C25H15Cl2FN2O3. The number of ether oxygens (including phenoxy) is 1. The molecular weight excluding hydrogens is 466 g/mol. The van der Waals surface area contributed by atoms with Crippen LogP contribution in [0.1, 0.15) is 26.3 Å². The number of halogens is 3. The summed E-state index contributed by atoms with van der Waals surface area (Å²) < 4.78 is 18.7. The maximum atomic E-state index is 13.1. The normalized spacial score (nSPS) is 11.0. The fourth-order valence-electron chi connectivity index (χ4n) is 3.13. The highest BCUT2D eigenvalue weighted by Gasteiger charge is 2.16. The van der Waals surface area contributed by atoms with Gasteiger partial charge in [0.15, 0.2) is 0 Å². The van der Waals surface area contributed by atoms with Crippen molar-refractivity contribution in [3.63, 3.8) is 0 Å². The van der Waals surface area contributed by atoms with Crippen LogP contribution in [0.15, 0.2) is 84.0 Å². The third-order valence-electron chi connectivity index (χ3n) is 4.75. The molecule has 0 radical (unpaired) electrons. The molecule has 1 N–H and O–H groups in total. The molecule has 5 nitrogen and oxygen atoms in total. The smallest absolute Gasteiger partial charge is 0.345 e. The molecule has 164 valence electrons. The maximum absolute atomic E-state index is 13.1. The first-order valence-electron chi connectivity index (χ1n) is 9.70. The zero-order chi connectivity index (χ0) is 23.4. The van der Waals surface area contributed by atoms with Crippen molar-refractivity contribution in [2.75, 3.05) is 0 Å². The number of carbonyl (C=O) groups excluding carboxylic acids is 2. The SMILES string of the molecule is O=C(N/N=C\c1c(OC(=O)c2ccc(Cl)cc2Cl)ccc2ccccc12)c1ccc(F)cc1. The van der Waals surface area contributed by atoms with Crippen molar-refractivity contribution >= 4 is 52.1 Å². The van der Waals surface area contributed by atoms with E-state index < -0.39 is 17.7 Å². The highest BCUT2D eigenvalue weighted by Crippen LogP contribution is 2.29. The van der Waals surface area contributed by atoms with Crippen molar-refractivity contribution in [1.82, 2.24) is 5.43 Å². The molecule has 0 spiro atoms. The van der Waals surface area contributed by atoms with E-state index in [0.29, 0.717) is 10.6 Å². The molecule has 0 aliphatic heterocycles. The summed E-state index contributed by atoms with van der Waals surface area (Å²) in [4.78, 5) is 25.0. The Morgan fingerprint density at radius 2 is 1.70 bits per heavy atom. The number of nitrogens with zero attached hydrogens (tertiary/aromatic N) is 1. The topological polar surface area (TPSA) is 67.8 Å². The molecule has 0 aromatic heterocycles. The number of amides is 1. The summed E-state index contributed by atoms with van der Waals surface area (Å²) in [5.41, 5.74) is 3.27. The first-order valence-corrected chi connectivity index (χ1v) is 10.5. The number of benzene rings is 4. The quantitative estimate of drug-likeness (QED) is 0.158. The number of nitrogens with one attached hydrogen (secondary N) is 1. The highest BCUT2D eigenvalue weighted by molar-refractivity contribution is 6.36. The molecule has 4 aromatic rings. The van der Waals surface area contributed by atoms with Gasteiger partial charge in [-0.3, -0.25) is 4.79 Å². The molecule has 4 aromatic carbocycles. The first-order chi connectivity index (χ1) is 15.9. The van der Waals surface area contributed by atoms with Crippen LogP contribution in [0.5, 0.6) is 5.75 Å². The average Bonchev–Trinajstić information content (AvgIpc) is 2.80. The minimum Gasteiger partial charge on any atom is -0.422 e. The molecule has 33 heavy (non-hydrogen) atoms. The fourth-order valence-corrected chi connectivity index (χ4v) is 3.61. The summed E-state index contributed by atoms with van der Waals surface area (Å²) in [6.45, 7) is 0. The molecule has 0 unspecified atom stereocenters. The Balaban J connectivity index is 1.63. The predicted molar refractivity (Wildman–Crippen MR) is 127 cm³/mol. The Bertz CT molecular complexity index is 1390. The number of rotatable bonds is 5. The highest BCUT2D eigenvalue weighted by atomic mass is 35.5. The van der Waals surface area contributed by atoms with Crippen LogP contribution in [-0.4, -0.2) is 18.1 Å². The lowest BCUT2D eigenvalue weighted by Gasteiger charge is -2.11. The third kappa shape index (κ3) is 5.19. The number of fused-ring (bicyclic) bond motifs is 1. The maximum Gasteiger partial charge on any atom is 0.345 e. The van der Waals surface area contributed by atoms with Crippen LogP contribution in [0.2, 0.25) is 10.0 Å². The largest absolute Gasteiger partial charge is 0.422 e. The molecule has 0 atom stereocenters. The van der Waals surface area contributed by atoms with Gasteiger partial charge in [-0.2, -0.15) is 5.10 Å². The molecule has 0 fully saturated rings. The van der Waals surface area contributed by atoms with Crippen molar-refractivity contribution in [3.8, 4) is 5.75 Å². The van der Waals surface area contributed by atoms with Gasteiger partial charge in [0.1, 0.15) is 11.6 Å². The molecule has 0 saturated carbocycles. The number of hydrazone groups is 1. The van der Waals surface area contributed by atoms with E-state index in [9.17, 15) is 14.0 Å². The van der Waals surface area contributed by atoms with E-state index >= 15 is 0 Å². The Kier molecular flexibility index (Phi) is 6.68. The van der Waals surface area contributed by atoms with Crippen molar-refractivity contribution in [2.45, 2.75) is 0 Å². The summed E-state index contributed by atoms with van der Waals surface area (Å²) in [5.74, 6) is -1.41. The molecule has 0 heterocycles. The minimum atomic E-state index is -0.669. The molecule has 0 aliphatic carbocycles. The van der Waals surface area contributed by atoms with Crippen LogP contribution >= 0.6 is 23.2 Å². The van der Waals surface area contributed by atoms with Gasteiger partial charge >= 0.3 is 5.97 Å². The van der Waals surface area contributed by atoms with E-state index in [4.69, 9.17) is 27.9 Å². The average molecular weight is 481 g/mol. The third-order valence-corrected chi connectivity index (χ3v) is 5.30. The Morgan fingerprint density at radius 1 is 0.939 bits per heavy atom. The first kappa shape index (κ1) is 22.5. The van der Waals surface area contributed by atoms with E-state index in [-0.39, 0.29) is 21.9 Å². The summed E-state index contributed by atoms with van der Waals surface area (Å²) in [6, 6.07) is 20.4. The minimum absolute atomic E-state index is 0.154. The number of esters is 1. The van der Waals surface area contributed by atoms with Crippen LogP contribution < -0.4 is 10.2 Å². The molecule has 1 amide bonds. The zero-order valence-electron chi connectivity index (χ0n) is 16.9. The Hall–Kier alpha value is -3.74. The second-order valence-corrected chi connectivity index (χ2v) is 7.76. The number of carbonyl (C=O) groups is 2. The molecule has 4 rings (SSSR count). The second kappa shape index (κ2) is 9.81. The van der Waals surface area contributed by atoms with Gasteiger partial charge in [-0.1, -0.05) is 53.5 Å². The zero-order valence-corrected chi connectivity index (χ0v) is 18.4. The monoisotopic (exact) mass is 480 g/mol. The predicted octanol–water partition coefficient (Wildman–Crippen LogP) is 6.27. The standard InChI is InChI=1S/C25H15Cl2FN2O3/c26-17-8-11-20(22(27)13-17)25(32)33-23-12-7-15-3-1-2-4-19(15)21(23)14-29-30-24(31)16-5-9-18(28)10-6-16/h1-14H,(H,30,31)/b29-14-. The Labute approximate surface area is 198 Å². The van der Waals surface area contributed by atoms with Crippen molar-refractivity contribution in [1.29, 1.82) is 0 Å². The molecule has 8 heteroatoms. The van der Waals surface area contributed by atoms with E-state index in [1.54, 1.807) is 12.1 Å². The lowest BCUT2D eigenvalue weighted by Crippen LogP contribution is -2.17. The van der Waals surface area contributed by atoms with Crippen LogP contribution in [0.4, 0.5) is 4.39 Å². The van der Waals surface area contributed by atoms with Gasteiger partial charge < -0.3 is 4.74 Å². The number of hydrogen-bond donors (Lipinski definition) is 1. The van der Waals surface area contributed by atoms with Gasteiger partial charge in [-0.15, -0.1) is 0 Å². The van der Waals surface area contributed by atoms with E-state index in [0.717, 1.165) is 10.8 Å². The summed E-state index contributed by atoms with van der Waals surface area (Å²) >= 11 is 12.0. The van der Waals surface area contributed by atoms with Crippen molar-refractivity contribution in [3.05, 3.63) is 111 Å². The van der Waals surface area contributed by atoms with Gasteiger partial charge in [-0.05, 0) is 59.3 Å². The lowest BCUT2D eigenvalue weighted by molar-refractivity contribution is 0.0734. The van der Waals surface area contributed by atoms with Gasteiger partial charge in [0.2, 0.25) is 0 Å². The van der Waals surface area contributed by atoms with Gasteiger partial charge in [0, 0.05) is 16.1 Å². The molecule has 0 bridgehead atoms. The molecule has 0 aliphatic rings. The molecule has 0 saturated heterocycles. The van der Waals surface area contributed by atoms with Crippen LogP contribution in [0.25, 0.3) is 10.8 Å². The van der Waals surface area contributed by atoms with E-state index in [1.165, 1.54) is 48.7 Å². The van der Waals surface area contributed by atoms with E-state index in [2.05, 4.69) is 10.5 Å². The fraction of sp³-hybridized carbons (Fsp3) is 0. The Morgan fingerprint density at radius 3 is 2.45 bits per heavy atom. The van der Waals surface area contributed by atoms with Gasteiger partial charge in [-0.25, -0.2) is 14.6 Å². The van der Waals surface area contributed by atoms with Crippen molar-refractivity contribution < 1.29 is 18.7 Å². The second-order valence-electron chi connectivity index (χ2n) is 6.92. The van der Waals surface area contributed by atoms with E-state index in [1.807, 2.05) is 24.3 Å². The van der Waals surface area contributed by atoms with Crippen LogP contribution in [-0.2, 0) is 0 Å². The van der Waals surface area contributed by atoms with Gasteiger partial charge in [0.25, 0.3) is 5.91 Å². The lowest BCUT2D eigenvalue weighted by atomic mass is 10.0. The summed E-state index contributed by atoms with van der Waals surface area (Å²) in [7, 11) is 0.